The summed E-state index contributed by atoms with van der Waals surface area (Å²) in [5.41, 5.74) is 5.20. The number of nitrogens with one attached hydrogen (secondary N) is 2. The van der Waals surface area contributed by atoms with Gasteiger partial charge in [-0.25, -0.2) is 12.7 Å². The summed E-state index contributed by atoms with van der Waals surface area (Å²) in [5.74, 6) is -1.04. The van der Waals surface area contributed by atoms with Gasteiger partial charge < -0.3 is 0 Å². The summed E-state index contributed by atoms with van der Waals surface area (Å²) in [6.07, 6.45) is 2.03. The van der Waals surface area contributed by atoms with Gasteiger partial charge in [0.05, 0.1) is 11.8 Å². The zero-order valence-corrected chi connectivity index (χ0v) is 15.0. The van der Waals surface area contributed by atoms with E-state index in [9.17, 15) is 18.0 Å². The molecule has 0 aromatic heterocycles. The molecule has 1 aromatic rings. The Morgan fingerprint density at radius 1 is 1.17 bits per heavy atom. The van der Waals surface area contributed by atoms with Crippen molar-refractivity contribution in [1.82, 2.24) is 15.2 Å². The molecule has 7 nitrogen and oxygen atoms in total. The number of carbonyl (C=O) groups is 2. The standard InChI is InChI=1S/C14H18BrN3O4S/c1-23(21,22)18-8-6-10(7-9-18)13(19)16-17-14(20)11-4-2-3-5-12(11)15/h2-5,10H,6-9H2,1H3,(H,16,19)(H,17,20). The SMILES string of the molecule is CS(=O)(=O)N1CCC(C(=O)NNC(=O)c2ccccc2Br)CC1. The Bertz CT molecular complexity index is 700. The van der Waals surface area contributed by atoms with Crippen molar-refractivity contribution in [1.29, 1.82) is 0 Å². The van der Waals surface area contributed by atoms with Crippen molar-refractivity contribution < 1.29 is 18.0 Å². The van der Waals surface area contributed by atoms with Crippen molar-refractivity contribution in [2.45, 2.75) is 12.8 Å². The maximum Gasteiger partial charge on any atom is 0.270 e. The predicted molar refractivity (Wildman–Crippen MR) is 88.9 cm³/mol. The van der Waals surface area contributed by atoms with Crippen molar-refractivity contribution in [2.24, 2.45) is 5.92 Å². The number of amides is 2. The minimum absolute atomic E-state index is 0.307. The maximum absolute atomic E-state index is 12.1. The maximum atomic E-state index is 12.1. The van der Waals surface area contributed by atoms with Crippen LogP contribution in [0.1, 0.15) is 23.2 Å². The molecule has 0 atom stereocenters. The summed E-state index contributed by atoms with van der Waals surface area (Å²) >= 11 is 3.27. The highest BCUT2D eigenvalue weighted by atomic mass is 79.9. The molecule has 1 saturated heterocycles. The molecule has 1 fully saturated rings. The summed E-state index contributed by atoms with van der Waals surface area (Å²) in [6.45, 7) is 0.629. The molecular weight excluding hydrogens is 386 g/mol. The number of nitrogens with zero attached hydrogens (tertiary/aromatic N) is 1. The highest BCUT2D eigenvalue weighted by molar-refractivity contribution is 9.10. The molecule has 0 unspecified atom stereocenters. The first-order valence-electron chi connectivity index (χ1n) is 7.09. The lowest BCUT2D eigenvalue weighted by molar-refractivity contribution is -0.126. The molecule has 126 valence electrons. The van der Waals surface area contributed by atoms with Crippen LogP contribution in [0.15, 0.2) is 28.7 Å². The smallest absolute Gasteiger partial charge is 0.270 e. The monoisotopic (exact) mass is 403 g/mol. The highest BCUT2D eigenvalue weighted by Gasteiger charge is 2.29. The van der Waals surface area contributed by atoms with Gasteiger partial charge in [0.1, 0.15) is 0 Å². The molecule has 1 aliphatic rings. The Kier molecular flexibility index (Phi) is 5.77. The topological polar surface area (TPSA) is 95.6 Å². The van der Waals surface area contributed by atoms with Gasteiger partial charge in [-0.2, -0.15) is 0 Å². The fourth-order valence-corrected chi connectivity index (χ4v) is 3.72. The van der Waals surface area contributed by atoms with Crippen LogP contribution in [0.5, 0.6) is 0 Å². The van der Waals surface area contributed by atoms with Crippen LogP contribution in [0.2, 0.25) is 0 Å². The lowest BCUT2D eigenvalue weighted by Gasteiger charge is -2.29. The Balaban J connectivity index is 1.84. The first-order valence-corrected chi connectivity index (χ1v) is 9.73. The Morgan fingerprint density at radius 2 is 1.78 bits per heavy atom. The zero-order chi connectivity index (χ0) is 17.0. The van der Waals surface area contributed by atoms with E-state index in [0.717, 1.165) is 6.26 Å². The van der Waals surface area contributed by atoms with E-state index in [1.807, 2.05) is 0 Å². The second kappa shape index (κ2) is 7.41. The van der Waals surface area contributed by atoms with Crippen LogP contribution in [0.25, 0.3) is 0 Å². The van der Waals surface area contributed by atoms with E-state index in [2.05, 4.69) is 26.8 Å². The van der Waals surface area contributed by atoms with Crippen LogP contribution in [-0.4, -0.2) is 43.9 Å². The lowest BCUT2D eigenvalue weighted by atomic mass is 9.98. The van der Waals surface area contributed by atoms with Crippen molar-refractivity contribution in [2.75, 3.05) is 19.3 Å². The summed E-state index contributed by atoms with van der Waals surface area (Å²) in [7, 11) is -3.21. The van der Waals surface area contributed by atoms with Gasteiger partial charge in [0.2, 0.25) is 15.9 Å². The van der Waals surface area contributed by atoms with E-state index < -0.39 is 15.9 Å². The van der Waals surface area contributed by atoms with E-state index in [1.165, 1.54) is 4.31 Å². The van der Waals surface area contributed by atoms with Crippen LogP contribution in [-0.2, 0) is 14.8 Å². The van der Waals surface area contributed by atoms with Gasteiger partial charge in [-0.1, -0.05) is 12.1 Å². The average Bonchev–Trinajstić information content (AvgIpc) is 2.52. The molecule has 23 heavy (non-hydrogen) atoms. The molecule has 2 rings (SSSR count). The van der Waals surface area contributed by atoms with Crippen LogP contribution in [0, 0.1) is 5.92 Å². The largest absolute Gasteiger partial charge is 0.273 e. The first-order chi connectivity index (χ1) is 10.8. The van der Waals surface area contributed by atoms with Gasteiger partial charge in [-0.15, -0.1) is 0 Å². The third-order valence-corrected chi connectivity index (χ3v) is 5.71. The van der Waals surface area contributed by atoms with Gasteiger partial charge in [0.15, 0.2) is 0 Å². The van der Waals surface area contributed by atoms with Gasteiger partial charge in [-0.3, -0.25) is 20.4 Å². The molecule has 0 saturated carbocycles. The van der Waals surface area contributed by atoms with Gasteiger partial charge in [0, 0.05) is 23.5 Å². The molecule has 1 heterocycles. The quantitative estimate of drug-likeness (QED) is 0.732. The molecule has 2 amide bonds. The van der Waals surface area contributed by atoms with Crippen molar-refractivity contribution in [3.8, 4) is 0 Å². The number of rotatable bonds is 3. The van der Waals surface area contributed by atoms with Gasteiger partial charge in [-0.05, 0) is 40.9 Å². The van der Waals surface area contributed by atoms with E-state index in [0.29, 0.717) is 36.0 Å². The Morgan fingerprint density at radius 3 is 2.35 bits per heavy atom. The number of hydrogen-bond donors (Lipinski definition) is 2. The number of sulfonamides is 1. The molecular formula is C14H18BrN3O4S. The summed E-state index contributed by atoms with van der Waals surface area (Å²) in [5, 5.41) is 0. The van der Waals surface area contributed by atoms with Crippen molar-refractivity contribution >= 4 is 37.8 Å². The Hall–Kier alpha value is -1.45. The zero-order valence-electron chi connectivity index (χ0n) is 12.6. The minimum atomic E-state index is -3.21. The third-order valence-electron chi connectivity index (χ3n) is 3.71. The molecule has 1 aromatic carbocycles. The number of piperidine rings is 1. The average molecular weight is 404 g/mol. The fraction of sp³-hybridized carbons (Fsp3) is 0.429. The molecule has 1 aliphatic heterocycles. The molecule has 0 aliphatic carbocycles. The first kappa shape index (κ1) is 17.9. The van der Waals surface area contributed by atoms with E-state index in [4.69, 9.17) is 0 Å². The van der Waals surface area contributed by atoms with Crippen molar-refractivity contribution in [3.05, 3.63) is 34.3 Å². The highest BCUT2D eigenvalue weighted by Crippen LogP contribution is 2.19. The van der Waals surface area contributed by atoms with Crippen molar-refractivity contribution in [3.63, 3.8) is 0 Å². The molecule has 9 heteroatoms. The lowest BCUT2D eigenvalue weighted by Crippen LogP contribution is -2.48. The van der Waals surface area contributed by atoms with Crippen LogP contribution in [0.4, 0.5) is 0 Å². The van der Waals surface area contributed by atoms with E-state index in [1.54, 1.807) is 24.3 Å². The molecule has 0 bridgehead atoms. The van der Waals surface area contributed by atoms with Crippen LogP contribution >= 0.6 is 15.9 Å². The number of hydrogen-bond acceptors (Lipinski definition) is 4. The number of hydrazine groups is 1. The molecule has 2 N–H and O–H groups in total. The minimum Gasteiger partial charge on any atom is -0.273 e. The van der Waals surface area contributed by atoms with E-state index in [-0.39, 0.29) is 11.8 Å². The number of halogens is 1. The summed E-state index contributed by atoms with van der Waals surface area (Å²) in [6, 6.07) is 6.88. The third kappa shape index (κ3) is 4.76. The number of carbonyl (C=O) groups excluding carboxylic acids is 2. The van der Waals surface area contributed by atoms with Crippen LogP contribution in [0.3, 0.4) is 0 Å². The van der Waals surface area contributed by atoms with Gasteiger partial charge in [0.25, 0.3) is 5.91 Å². The summed E-state index contributed by atoms with van der Waals surface area (Å²) < 4.78 is 24.9. The second-order valence-electron chi connectivity index (χ2n) is 5.36. The Labute approximate surface area is 143 Å². The van der Waals surface area contributed by atoms with Gasteiger partial charge >= 0.3 is 0 Å². The molecule has 0 spiro atoms. The van der Waals surface area contributed by atoms with Crippen LogP contribution < -0.4 is 10.9 Å². The second-order valence-corrected chi connectivity index (χ2v) is 8.20. The predicted octanol–water partition coefficient (Wildman–Crippen LogP) is 0.882. The summed E-state index contributed by atoms with van der Waals surface area (Å²) in [4.78, 5) is 24.1. The fourth-order valence-electron chi connectivity index (χ4n) is 2.38. The number of benzene rings is 1. The normalized spacial score (nSPS) is 16.8. The van der Waals surface area contributed by atoms with E-state index >= 15 is 0 Å². The molecule has 0 radical (unpaired) electrons.